The molecule has 10 heteroatoms. The third-order valence-corrected chi connectivity index (χ3v) is 8.23. The number of aliphatic hydroxyl groups is 1. The Bertz CT molecular complexity index is 1510. The molecule has 0 radical (unpaired) electrons. The Morgan fingerprint density at radius 3 is 2.55 bits per heavy atom. The van der Waals surface area contributed by atoms with E-state index >= 15 is 0 Å². The summed E-state index contributed by atoms with van der Waals surface area (Å²) >= 11 is 8.65. The highest BCUT2D eigenvalue weighted by Crippen LogP contribution is 2.44. The number of benzene rings is 3. The molecule has 1 aromatic heterocycles. The number of halogens is 1. The fourth-order valence-corrected chi connectivity index (χ4v) is 6.07. The highest BCUT2D eigenvalue weighted by molar-refractivity contribution is 8.00. The molecule has 1 amide bonds. The van der Waals surface area contributed by atoms with Crippen molar-refractivity contribution in [2.75, 3.05) is 11.5 Å². The first-order chi connectivity index (χ1) is 18.5. The number of rotatable bonds is 8. The van der Waals surface area contributed by atoms with Crippen LogP contribution in [-0.4, -0.2) is 33.6 Å². The number of ketones is 1. The molecule has 5 rings (SSSR count). The molecule has 1 atom stereocenters. The zero-order valence-corrected chi connectivity index (χ0v) is 22.6. The van der Waals surface area contributed by atoms with Gasteiger partial charge in [-0.05, 0) is 42.3 Å². The van der Waals surface area contributed by atoms with Gasteiger partial charge in [-0.3, -0.25) is 14.5 Å². The van der Waals surface area contributed by atoms with E-state index in [1.165, 1.54) is 28.0 Å². The van der Waals surface area contributed by atoms with Gasteiger partial charge in [0.25, 0.3) is 5.78 Å². The molecular weight excluding hydrogens is 542 g/mol. The Kier molecular flexibility index (Phi) is 7.78. The fourth-order valence-electron chi connectivity index (χ4n) is 4.12. The van der Waals surface area contributed by atoms with Gasteiger partial charge >= 0.3 is 5.91 Å². The molecule has 4 aromatic rings. The minimum Gasteiger partial charge on any atom is -0.507 e. The number of thioether (sulfide) groups is 1. The van der Waals surface area contributed by atoms with Crippen molar-refractivity contribution in [3.63, 3.8) is 0 Å². The standard InChI is InChI=1S/C28H22ClN3O4S2/c1-2-36-21-10-6-9-19(15-21)23-22(24(33)18-7-4-3-5-8-18)25(34)26(35)32(23)27-30-31-28(38-27)37-16-17-11-13-20(29)14-12-17/h3-15,23,33H,2,16H2,1H3/b24-22+. The minimum atomic E-state index is -0.905. The van der Waals surface area contributed by atoms with E-state index in [2.05, 4.69) is 10.2 Å². The summed E-state index contributed by atoms with van der Waals surface area (Å²) < 4.78 is 6.30. The van der Waals surface area contributed by atoms with Crippen LogP contribution in [0.1, 0.15) is 29.7 Å². The smallest absolute Gasteiger partial charge is 0.301 e. The molecule has 192 valence electrons. The minimum absolute atomic E-state index is 0.0135. The van der Waals surface area contributed by atoms with Gasteiger partial charge < -0.3 is 9.84 Å². The molecule has 1 N–H and O–H groups in total. The lowest BCUT2D eigenvalue weighted by Gasteiger charge is -2.23. The van der Waals surface area contributed by atoms with Gasteiger partial charge in [0.1, 0.15) is 11.5 Å². The second kappa shape index (κ2) is 11.4. The third kappa shape index (κ3) is 5.31. The van der Waals surface area contributed by atoms with E-state index in [4.69, 9.17) is 16.3 Å². The summed E-state index contributed by atoms with van der Waals surface area (Å²) in [7, 11) is 0. The lowest BCUT2D eigenvalue weighted by atomic mass is 9.95. The van der Waals surface area contributed by atoms with Crippen molar-refractivity contribution in [3.05, 3.63) is 106 Å². The van der Waals surface area contributed by atoms with Crippen molar-refractivity contribution >= 4 is 57.3 Å². The average molecular weight is 564 g/mol. The Morgan fingerprint density at radius 1 is 1.05 bits per heavy atom. The summed E-state index contributed by atoms with van der Waals surface area (Å²) in [6.45, 7) is 2.33. The van der Waals surface area contributed by atoms with Gasteiger partial charge in [-0.25, -0.2) is 0 Å². The number of anilines is 1. The first-order valence-corrected chi connectivity index (χ1v) is 13.9. The van der Waals surface area contributed by atoms with E-state index in [0.29, 0.717) is 38.6 Å². The average Bonchev–Trinajstić information content (AvgIpc) is 3.51. The molecule has 1 aliphatic rings. The first kappa shape index (κ1) is 26.0. The maximum absolute atomic E-state index is 13.4. The molecule has 0 aliphatic carbocycles. The monoisotopic (exact) mass is 563 g/mol. The second-order valence-electron chi connectivity index (χ2n) is 8.31. The zero-order valence-electron chi connectivity index (χ0n) is 20.2. The maximum Gasteiger partial charge on any atom is 0.301 e. The lowest BCUT2D eigenvalue weighted by Crippen LogP contribution is -2.29. The van der Waals surface area contributed by atoms with Crippen LogP contribution in [0.2, 0.25) is 5.02 Å². The molecule has 0 saturated carbocycles. The molecule has 3 aromatic carbocycles. The molecule has 2 heterocycles. The number of aliphatic hydroxyl groups excluding tert-OH is 1. The number of carbonyl (C=O) groups excluding carboxylic acids is 2. The predicted octanol–water partition coefficient (Wildman–Crippen LogP) is 6.51. The first-order valence-electron chi connectivity index (χ1n) is 11.8. The van der Waals surface area contributed by atoms with Crippen LogP contribution < -0.4 is 9.64 Å². The molecule has 0 bridgehead atoms. The van der Waals surface area contributed by atoms with Crippen molar-refractivity contribution in [1.82, 2.24) is 10.2 Å². The molecule has 7 nitrogen and oxygen atoms in total. The van der Waals surface area contributed by atoms with Crippen molar-refractivity contribution < 1.29 is 19.4 Å². The Balaban J connectivity index is 1.54. The van der Waals surface area contributed by atoms with Gasteiger partial charge in [-0.2, -0.15) is 0 Å². The van der Waals surface area contributed by atoms with Crippen molar-refractivity contribution in [2.45, 2.75) is 23.1 Å². The van der Waals surface area contributed by atoms with E-state index in [9.17, 15) is 14.7 Å². The van der Waals surface area contributed by atoms with E-state index < -0.39 is 17.7 Å². The number of aromatic nitrogens is 2. The number of amides is 1. The van der Waals surface area contributed by atoms with E-state index in [-0.39, 0.29) is 16.5 Å². The maximum atomic E-state index is 13.4. The van der Waals surface area contributed by atoms with Gasteiger partial charge in [0.05, 0.1) is 18.2 Å². The molecule has 0 spiro atoms. The number of hydrogen-bond acceptors (Lipinski definition) is 8. The number of ether oxygens (including phenoxy) is 1. The second-order valence-corrected chi connectivity index (χ2v) is 10.9. The van der Waals surface area contributed by atoms with Crippen LogP contribution in [0, 0.1) is 0 Å². The van der Waals surface area contributed by atoms with Gasteiger partial charge in [-0.1, -0.05) is 89.3 Å². The van der Waals surface area contributed by atoms with Gasteiger partial charge in [0.15, 0.2) is 4.34 Å². The predicted molar refractivity (Wildman–Crippen MR) is 150 cm³/mol. The van der Waals surface area contributed by atoms with Crippen LogP contribution in [0.15, 0.2) is 88.8 Å². The van der Waals surface area contributed by atoms with Crippen LogP contribution in [0.5, 0.6) is 5.75 Å². The molecule has 1 fully saturated rings. The number of carbonyl (C=O) groups is 2. The molecule has 1 saturated heterocycles. The SMILES string of the molecule is CCOc1cccc(C2/C(=C(\O)c3ccccc3)C(=O)C(=O)N2c2nnc(SCc3ccc(Cl)cc3)s2)c1. The van der Waals surface area contributed by atoms with E-state index in [0.717, 1.165) is 5.56 Å². The topological polar surface area (TPSA) is 92.6 Å². The molecule has 1 aliphatic heterocycles. The van der Waals surface area contributed by atoms with Crippen LogP contribution in [0.3, 0.4) is 0 Å². The highest BCUT2D eigenvalue weighted by Gasteiger charge is 2.48. The number of Topliss-reactive ketones (excluding diaryl/α,β-unsaturated/α-hetero) is 1. The fraction of sp³-hybridized carbons (Fsp3) is 0.143. The zero-order chi connectivity index (χ0) is 26.6. The van der Waals surface area contributed by atoms with E-state index in [1.807, 2.05) is 37.3 Å². The Labute approximate surface area is 232 Å². The van der Waals surface area contributed by atoms with Crippen molar-refractivity contribution in [1.29, 1.82) is 0 Å². The lowest BCUT2D eigenvalue weighted by molar-refractivity contribution is -0.132. The van der Waals surface area contributed by atoms with Crippen LogP contribution in [0.4, 0.5) is 5.13 Å². The van der Waals surface area contributed by atoms with Crippen LogP contribution in [0.25, 0.3) is 5.76 Å². The molecule has 38 heavy (non-hydrogen) atoms. The van der Waals surface area contributed by atoms with Gasteiger partial charge in [0, 0.05) is 16.3 Å². The van der Waals surface area contributed by atoms with Crippen LogP contribution >= 0.6 is 34.7 Å². The van der Waals surface area contributed by atoms with Crippen LogP contribution in [-0.2, 0) is 15.3 Å². The summed E-state index contributed by atoms with van der Waals surface area (Å²) in [5.41, 5.74) is 2.10. The third-order valence-electron chi connectivity index (χ3n) is 5.85. The van der Waals surface area contributed by atoms with Gasteiger partial charge in [-0.15, -0.1) is 10.2 Å². The summed E-state index contributed by atoms with van der Waals surface area (Å²) in [4.78, 5) is 28.0. The molecule has 1 unspecified atom stereocenters. The number of nitrogens with zero attached hydrogens (tertiary/aromatic N) is 3. The van der Waals surface area contributed by atoms with Crippen molar-refractivity contribution in [3.8, 4) is 5.75 Å². The van der Waals surface area contributed by atoms with Gasteiger partial charge in [0.2, 0.25) is 5.13 Å². The van der Waals surface area contributed by atoms with Crippen molar-refractivity contribution in [2.24, 2.45) is 0 Å². The normalized spacial score (nSPS) is 16.7. The Morgan fingerprint density at radius 2 is 1.82 bits per heavy atom. The summed E-state index contributed by atoms with van der Waals surface area (Å²) in [6, 6.07) is 22.5. The molecular formula is C28H22ClN3O4S2. The summed E-state index contributed by atoms with van der Waals surface area (Å²) in [6.07, 6.45) is 0. The van der Waals surface area contributed by atoms with E-state index in [1.54, 1.807) is 48.5 Å². The quantitative estimate of drug-likeness (QED) is 0.0858. The summed E-state index contributed by atoms with van der Waals surface area (Å²) in [5.74, 6) is -0.589. The largest absolute Gasteiger partial charge is 0.507 e. The number of hydrogen-bond donors (Lipinski definition) is 1. The highest BCUT2D eigenvalue weighted by atomic mass is 35.5. The summed E-state index contributed by atoms with van der Waals surface area (Å²) in [5, 5.41) is 20.7. The Hall–Kier alpha value is -3.66.